The summed E-state index contributed by atoms with van der Waals surface area (Å²) in [7, 11) is 2.88. The molecule has 0 fully saturated rings. The van der Waals surface area contributed by atoms with Crippen molar-refractivity contribution in [2.45, 2.75) is 0 Å². The minimum absolute atomic E-state index is 0.787. The van der Waals surface area contributed by atoms with Gasteiger partial charge in [-0.2, -0.15) is 0 Å². The fourth-order valence-electron chi connectivity index (χ4n) is 0.749. The van der Waals surface area contributed by atoms with E-state index in [-0.39, 0.29) is 0 Å². The smallest absolute Gasteiger partial charge is 0.205 e. The molecular weight excluding hydrogens is 164 g/mol. The molecule has 0 aliphatic carbocycles. The maximum atomic E-state index is 10.5. The van der Waals surface area contributed by atoms with Crippen molar-refractivity contribution < 1.29 is 4.74 Å². The zero-order valence-electron chi connectivity index (χ0n) is 7.77. The highest BCUT2D eigenvalue weighted by Crippen LogP contribution is 1.92. The summed E-state index contributed by atoms with van der Waals surface area (Å²) in [5.41, 5.74) is 0.931. The molecule has 0 bridgehead atoms. The highest BCUT2D eigenvalue weighted by Gasteiger charge is 1.86. The molecule has 3 heteroatoms. The van der Waals surface area contributed by atoms with Crippen molar-refractivity contribution in [3.63, 3.8) is 0 Å². The lowest BCUT2D eigenvalue weighted by Gasteiger charge is -1.93. The van der Waals surface area contributed by atoms with Gasteiger partial charge < -0.3 is 10.1 Å². The van der Waals surface area contributed by atoms with Crippen molar-refractivity contribution >= 4 is 6.21 Å². The molecule has 0 heterocycles. The van der Waals surface area contributed by atoms with Crippen LogP contribution in [0.25, 0.3) is 4.85 Å². The molecule has 0 saturated carbocycles. The summed E-state index contributed by atoms with van der Waals surface area (Å²) in [4.78, 5) is 2.75. The van der Waals surface area contributed by atoms with E-state index in [1.165, 1.54) is 20.3 Å². The first-order valence-electron chi connectivity index (χ1n) is 3.76. The minimum Gasteiger partial charge on any atom is -0.624 e. The van der Waals surface area contributed by atoms with Gasteiger partial charge in [-0.05, 0) is 12.1 Å². The topological polar surface area (TPSA) is 30.4 Å². The highest BCUT2D eigenvalue weighted by molar-refractivity contribution is 5.75. The van der Waals surface area contributed by atoms with Gasteiger partial charge in [0.2, 0.25) is 7.05 Å². The van der Waals surface area contributed by atoms with Crippen LogP contribution in [0.4, 0.5) is 0 Å². The molecule has 0 radical (unpaired) electrons. The molecule has 1 aromatic rings. The first-order valence-corrected chi connectivity index (χ1v) is 3.76. The zero-order chi connectivity index (χ0) is 10.1. The SMILES string of the molecule is C/[N+]([O-])=C\c1ccccc1.[C-]#[N+]C. The molecule has 0 saturated heterocycles. The van der Waals surface area contributed by atoms with Crippen LogP contribution in [0, 0.1) is 11.8 Å². The molecule has 0 aromatic heterocycles. The van der Waals surface area contributed by atoms with Gasteiger partial charge in [0.05, 0.1) is 0 Å². The van der Waals surface area contributed by atoms with Gasteiger partial charge in [0.1, 0.15) is 7.05 Å². The Morgan fingerprint density at radius 3 is 2.23 bits per heavy atom. The molecule has 1 aromatic carbocycles. The van der Waals surface area contributed by atoms with Crippen molar-refractivity contribution in [2.75, 3.05) is 14.1 Å². The van der Waals surface area contributed by atoms with Gasteiger partial charge in [-0.3, -0.25) is 0 Å². The molecule has 3 nitrogen and oxygen atoms in total. The lowest BCUT2D eigenvalue weighted by molar-refractivity contribution is -0.416. The van der Waals surface area contributed by atoms with Crippen molar-refractivity contribution in [1.29, 1.82) is 0 Å². The maximum Gasteiger partial charge on any atom is 0.205 e. The van der Waals surface area contributed by atoms with Crippen molar-refractivity contribution in [1.82, 2.24) is 0 Å². The predicted octanol–water partition coefficient (Wildman–Crippen LogP) is 1.78. The predicted molar refractivity (Wildman–Crippen MR) is 53.7 cm³/mol. The Kier molecular flexibility index (Phi) is 5.90. The molecule has 68 valence electrons. The normalized spacial score (nSPS) is 9.46. The van der Waals surface area contributed by atoms with E-state index in [1.54, 1.807) is 0 Å². The Hall–Kier alpha value is -1.82. The van der Waals surface area contributed by atoms with Crippen molar-refractivity contribution in [2.24, 2.45) is 0 Å². The van der Waals surface area contributed by atoms with Crippen LogP contribution in [0.3, 0.4) is 0 Å². The van der Waals surface area contributed by atoms with E-state index in [0.29, 0.717) is 0 Å². The lowest BCUT2D eigenvalue weighted by atomic mass is 10.2. The van der Waals surface area contributed by atoms with Gasteiger partial charge in [-0.15, -0.1) is 0 Å². The van der Waals surface area contributed by atoms with Crippen LogP contribution in [-0.2, 0) is 0 Å². The van der Waals surface area contributed by atoms with Gasteiger partial charge in [0.25, 0.3) is 0 Å². The minimum atomic E-state index is 0.787. The quantitative estimate of drug-likeness (QED) is 0.211. The molecule has 0 aliphatic rings. The fourth-order valence-corrected chi connectivity index (χ4v) is 0.749. The Morgan fingerprint density at radius 1 is 1.38 bits per heavy atom. The van der Waals surface area contributed by atoms with Crippen LogP contribution < -0.4 is 0 Å². The number of nitrogens with zero attached hydrogens (tertiary/aromatic N) is 2. The molecule has 0 spiro atoms. The summed E-state index contributed by atoms with van der Waals surface area (Å²) in [5, 5.41) is 10.5. The largest absolute Gasteiger partial charge is 0.624 e. The van der Waals surface area contributed by atoms with Gasteiger partial charge in [-0.25, -0.2) is 11.3 Å². The summed E-state index contributed by atoms with van der Waals surface area (Å²) in [6.45, 7) is 5.83. The highest BCUT2D eigenvalue weighted by atomic mass is 16.5. The Morgan fingerprint density at radius 2 is 1.85 bits per heavy atom. The van der Waals surface area contributed by atoms with E-state index in [4.69, 9.17) is 6.57 Å². The van der Waals surface area contributed by atoms with Gasteiger partial charge in [-0.1, -0.05) is 18.2 Å². The number of hydrogen-bond donors (Lipinski definition) is 0. The van der Waals surface area contributed by atoms with E-state index in [0.717, 1.165) is 10.3 Å². The number of hydroxylamine groups is 1. The van der Waals surface area contributed by atoms with E-state index in [2.05, 4.69) is 4.85 Å². The van der Waals surface area contributed by atoms with Gasteiger partial charge >= 0.3 is 0 Å². The molecular formula is C10H12N2O. The third-order valence-corrected chi connectivity index (χ3v) is 1.13. The summed E-state index contributed by atoms with van der Waals surface area (Å²) in [6.07, 6.45) is 1.53. The summed E-state index contributed by atoms with van der Waals surface area (Å²) in [5.74, 6) is 0. The van der Waals surface area contributed by atoms with Gasteiger partial charge in [0, 0.05) is 5.56 Å². The van der Waals surface area contributed by atoms with Gasteiger partial charge in [0.15, 0.2) is 6.21 Å². The molecule has 13 heavy (non-hydrogen) atoms. The molecule has 1 rings (SSSR count). The third-order valence-electron chi connectivity index (χ3n) is 1.13. The standard InChI is InChI=1S/C8H9NO.C2H3N/c1-9(10)7-8-5-3-2-4-6-8;1-3-2/h2-7H,1H3;1H3/b9-7+;. The first-order chi connectivity index (χ1) is 6.20. The van der Waals surface area contributed by atoms with Crippen LogP contribution in [0.1, 0.15) is 5.56 Å². The van der Waals surface area contributed by atoms with Crippen molar-refractivity contribution in [3.8, 4) is 0 Å². The summed E-state index contributed by atoms with van der Waals surface area (Å²) < 4.78 is 0.787. The van der Waals surface area contributed by atoms with Crippen LogP contribution in [-0.4, -0.2) is 25.0 Å². The average Bonchev–Trinajstić information content (AvgIpc) is 2.06. The van der Waals surface area contributed by atoms with E-state index in [1.807, 2.05) is 30.3 Å². The molecule has 0 N–H and O–H groups in total. The summed E-state index contributed by atoms with van der Waals surface area (Å²) in [6, 6.07) is 9.48. The first kappa shape index (κ1) is 11.2. The molecule has 0 unspecified atom stereocenters. The Bertz CT molecular complexity index is 294. The summed E-state index contributed by atoms with van der Waals surface area (Å²) >= 11 is 0. The lowest BCUT2D eigenvalue weighted by Crippen LogP contribution is -1.96. The van der Waals surface area contributed by atoms with E-state index in [9.17, 15) is 5.21 Å². The second-order valence-electron chi connectivity index (χ2n) is 2.31. The Labute approximate surface area is 78.4 Å². The number of hydrogen-bond acceptors (Lipinski definition) is 1. The van der Waals surface area contributed by atoms with Crippen LogP contribution in [0.2, 0.25) is 0 Å². The molecule has 0 atom stereocenters. The van der Waals surface area contributed by atoms with E-state index < -0.39 is 0 Å². The fraction of sp³-hybridized carbons (Fsp3) is 0.200. The van der Waals surface area contributed by atoms with Crippen LogP contribution >= 0.6 is 0 Å². The second-order valence-corrected chi connectivity index (χ2v) is 2.31. The van der Waals surface area contributed by atoms with Crippen molar-refractivity contribution in [3.05, 3.63) is 52.5 Å². The molecule has 0 aliphatic heterocycles. The number of rotatable bonds is 1. The van der Waals surface area contributed by atoms with E-state index >= 15 is 0 Å². The monoisotopic (exact) mass is 176 g/mol. The molecule has 0 amide bonds. The Balaban J connectivity index is 0.000000424. The average molecular weight is 176 g/mol. The third kappa shape index (κ3) is 6.57. The number of benzene rings is 1. The van der Waals surface area contributed by atoms with Crippen LogP contribution in [0.5, 0.6) is 0 Å². The maximum absolute atomic E-state index is 10.5. The zero-order valence-corrected chi connectivity index (χ0v) is 7.77. The second kappa shape index (κ2) is 6.86. The van der Waals surface area contributed by atoms with Crippen LogP contribution in [0.15, 0.2) is 30.3 Å².